The third-order valence-corrected chi connectivity index (χ3v) is 4.20. The van der Waals surface area contributed by atoms with Gasteiger partial charge in [0.05, 0.1) is 5.41 Å². The first-order valence-electron chi connectivity index (χ1n) is 6.92. The predicted molar refractivity (Wildman–Crippen MR) is 72.0 cm³/mol. The van der Waals surface area contributed by atoms with Crippen LogP contribution in [0.2, 0.25) is 0 Å². The van der Waals surface area contributed by atoms with E-state index >= 15 is 0 Å². The largest absolute Gasteiger partial charge is 0.381 e. The Kier molecular flexibility index (Phi) is 3.90. The molecular formula is C14H18FN3O3. The number of amides is 1. The minimum Gasteiger partial charge on any atom is -0.381 e. The highest BCUT2D eigenvalue weighted by molar-refractivity contribution is 5.81. The summed E-state index contributed by atoms with van der Waals surface area (Å²) in [5.74, 6) is -0.697. The van der Waals surface area contributed by atoms with E-state index in [0.29, 0.717) is 26.1 Å². The number of hydrogen-bond donors (Lipinski definition) is 3. The molecule has 1 amide bonds. The van der Waals surface area contributed by atoms with E-state index in [0.717, 1.165) is 5.56 Å². The van der Waals surface area contributed by atoms with E-state index in [9.17, 15) is 9.18 Å². The van der Waals surface area contributed by atoms with Crippen LogP contribution in [0.5, 0.6) is 0 Å². The lowest BCUT2D eigenvalue weighted by Gasteiger charge is -2.37. The van der Waals surface area contributed by atoms with Crippen LogP contribution in [0.1, 0.15) is 24.6 Å². The Bertz CT molecular complexity index is 517. The number of hydrogen-bond acceptors (Lipinski definition) is 5. The number of primary amides is 1. The number of hydroxylamine groups is 1. The zero-order valence-electron chi connectivity index (χ0n) is 11.5. The van der Waals surface area contributed by atoms with Crippen molar-refractivity contribution in [1.29, 1.82) is 0 Å². The van der Waals surface area contributed by atoms with Gasteiger partial charge in [0, 0.05) is 13.2 Å². The van der Waals surface area contributed by atoms with Crippen molar-refractivity contribution in [3.8, 4) is 0 Å². The molecule has 2 aliphatic heterocycles. The Morgan fingerprint density at radius 1 is 1.29 bits per heavy atom. The molecule has 4 N–H and O–H groups in total. The Morgan fingerprint density at radius 3 is 2.57 bits per heavy atom. The highest BCUT2D eigenvalue weighted by atomic mass is 19.1. The molecule has 2 unspecified atom stereocenters. The van der Waals surface area contributed by atoms with Crippen molar-refractivity contribution in [3.05, 3.63) is 35.6 Å². The number of ether oxygens (including phenoxy) is 1. The van der Waals surface area contributed by atoms with E-state index in [1.807, 2.05) is 0 Å². The molecular weight excluding hydrogens is 277 g/mol. The minimum absolute atomic E-state index is 0.299. The maximum absolute atomic E-state index is 13.0. The van der Waals surface area contributed by atoms with Crippen LogP contribution in [-0.2, 0) is 14.4 Å². The van der Waals surface area contributed by atoms with Crippen LogP contribution in [0.3, 0.4) is 0 Å². The summed E-state index contributed by atoms with van der Waals surface area (Å²) >= 11 is 0. The maximum atomic E-state index is 13.0. The second-order valence-electron chi connectivity index (χ2n) is 5.40. The number of benzene rings is 1. The molecule has 2 heterocycles. The molecule has 2 atom stereocenters. The molecule has 1 aromatic carbocycles. The number of nitrogens with one attached hydrogen (secondary N) is 2. The third kappa shape index (κ3) is 2.65. The molecule has 0 aliphatic carbocycles. The number of carbonyl (C=O) groups excluding carboxylic acids is 1. The SMILES string of the molecule is NC(=O)C1(C2NC(c3ccc(F)cc3)NO2)CCOCC1. The van der Waals surface area contributed by atoms with Gasteiger partial charge in [-0.05, 0) is 30.5 Å². The molecule has 0 spiro atoms. The van der Waals surface area contributed by atoms with E-state index in [1.165, 1.54) is 12.1 Å². The van der Waals surface area contributed by atoms with Gasteiger partial charge in [-0.3, -0.25) is 14.9 Å². The number of nitrogens with two attached hydrogens (primary N) is 1. The molecule has 2 fully saturated rings. The minimum atomic E-state index is -0.792. The predicted octanol–water partition coefficient (Wildman–Crippen LogP) is 0.557. The zero-order chi connectivity index (χ0) is 14.9. The molecule has 0 bridgehead atoms. The molecule has 0 aromatic heterocycles. The van der Waals surface area contributed by atoms with Crippen molar-refractivity contribution in [2.24, 2.45) is 11.1 Å². The third-order valence-electron chi connectivity index (χ3n) is 4.20. The van der Waals surface area contributed by atoms with Gasteiger partial charge in [-0.2, -0.15) is 5.48 Å². The molecule has 7 heteroatoms. The summed E-state index contributed by atoms with van der Waals surface area (Å²) in [5, 5.41) is 3.21. The van der Waals surface area contributed by atoms with E-state index in [1.54, 1.807) is 12.1 Å². The summed E-state index contributed by atoms with van der Waals surface area (Å²) in [6.07, 6.45) is 0.180. The van der Waals surface area contributed by atoms with Gasteiger partial charge >= 0.3 is 0 Å². The van der Waals surface area contributed by atoms with Crippen LogP contribution in [-0.4, -0.2) is 25.3 Å². The lowest BCUT2D eigenvalue weighted by Crippen LogP contribution is -2.54. The molecule has 0 saturated carbocycles. The van der Waals surface area contributed by atoms with Gasteiger partial charge < -0.3 is 10.5 Å². The van der Waals surface area contributed by atoms with Crippen LogP contribution in [0, 0.1) is 11.2 Å². The lowest BCUT2D eigenvalue weighted by atomic mass is 9.77. The van der Waals surface area contributed by atoms with Crippen LogP contribution < -0.4 is 16.5 Å². The Balaban J connectivity index is 1.76. The van der Waals surface area contributed by atoms with Gasteiger partial charge in [0.1, 0.15) is 18.2 Å². The smallest absolute Gasteiger partial charge is 0.227 e. The highest BCUT2D eigenvalue weighted by Crippen LogP contribution is 2.37. The van der Waals surface area contributed by atoms with E-state index < -0.39 is 17.6 Å². The monoisotopic (exact) mass is 295 g/mol. The Hall–Kier alpha value is -1.54. The van der Waals surface area contributed by atoms with Crippen molar-refractivity contribution in [2.75, 3.05) is 13.2 Å². The Morgan fingerprint density at radius 2 is 1.95 bits per heavy atom. The molecule has 6 nitrogen and oxygen atoms in total. The molecule has 21 heavy (non-hydrogen) atoms. The lowest BCUT2D eigenvalue weighted by molar-refractivity contribution is -0.151. The second-order valence-corrected chi connectivity index (χ2v) is 5.40. The van der Waals surface area contributed by atoms with E-state index in [4.69, 9.17) is 15.3 Å². The van der Waals surface area contributed by atoms with Gasteiger partial charge in [-0.25, -0.2) is 4.39 Å². The highest BCUT2D eigenvalue weighted by Gasteiger charge is 2.49. The molecule has 0 radical (unpaired) electrons. The van der Waals surface area contributed by atoms with Crippen molar-refractivity contribution < 1.29 is 18.8 Å². The quantitative estimate of drug-likeness (QED) is 0.758. The fraction of sp³-hybridized carbons (Fsp3) is 0.500. The summed E-state index contributed by atoms with van der Waals surface area (Å²) in [4.78, 5) is 17.5. The van der Waals surface area contributed by atoms with Crippen LogP contribution in [0.25, 0.3) is 0 Å². The second kappa shape index (κ2) is 5.69. The first kappa shape index (κ1) is 14.4. The topological polar surface area (TPSA) is 85.6 Å². The summed E-state index contributed by atoms with van der Waals surface area (Å²) in [6, 6.07) is 6.08. The van der Waals surface area contributed by atoms with Gasteiger partial charge in [-0.1, -0.05) is 12.1 Å². The normalized spacial score (nSPS) is 28.4. The average Bonchev–Trinajstić information content (AvgIpc) is 2.99. The number of halogens is 1. The van der Waals surface area contributed by atoms with Crippen LogP contribution in [0.4, 0.5) is 4.39 Å². The summed E-state index contributed by atoms with van der Waals surface area (Å²) < 4.78 is 18.3. The first-order chi connectivity index (χ1) is 10.1. The number of carbonyl (C=O) groups is 1. The summed E-state index contributed by atoms with van der Waals surface area (Å²) in [6.45, 7) is 0.956. The standard InChI is InChI=1S/C14H18FN3O3/c15-10-3-1-9(2-4-10)11-17-13(21-18-11)14(12(16)19)5-7-20-8-6-14/h1-4,11,13,17-18H,5-8H2,(H2,16,19). The summed E-state index contributed by atoms with van der Waals surface area (Å²) in [7, 11) is 0. The van der Waals surface area contributed by atoms with Gasteiger partial charge in [0.2, 0.25) is 5.91 Å². The van der Waals surface area contributed by atoms with Crippen LogP contribution in [0.15, 0.2) is 24.3 Å². The van der Waals surface area contributed by atoms with Gasteiger partial charge in [0.15, 0.2) is 0 Å². The first-order valence-corrected chi connectivity index (χ1v) is 6.92. The number of rotatable bonds is 3. The molecule has 114 valence electrons. The van der Waals surface area contributed by atoms with Crippen molar-refractivity contribution in [2.45, 2.75) is 25.2 Å². The molecule has 2 saturated heterocycles. The van der Waals surface area contributed by atoms with Crippen molar-refractivity contribution in [3.63, 3.8) is 0 Å². The summed E-state index contributed by atoms with van der Waals surface area (Å²) in [5.41, 5.74) is 8.46. The van der Waals surface area contributed by atoms with Crippen LogP contribution >= 0.6 is 0 Å². The fourth-order valence-electron chi connectivity index (χ4n) is 2.82. The van der Waals surface area contributed by atoms with E-state index in [2.05, 4.69) is 10.8 Å². The maximum Gasteiger partial charge on any atom is 0.227 e. The molecule has 1 aromatic rings. The fourth-order valence-corrected chi connectivity index (χ4v) is 2.82. The molecule has 2 aliphatic rings. The zero-order valence-corrected chi connectivity index (χ0v) is 11.5. The van der Waals surface area contributed by atoms with Gasteiger partial charge in [0.25, 0.3) is 0 Å². The van der Waals surface area contributed by atoms with Crippen molar-refractivity contribution in [1.82, 2.24) is 10.8 Å². The van der Waals surface area contributed by atoms with E-state index in [-0.39, 0.29) is 12.0 Å². The van der Waals surface area contributed by atoms with Crippen molar-refractivity contribution >= 4 is 5.91 Å². The Labute approximate surface area is 121 Å². The molecule has 3 rings (SSSR count). The van der Waals surface area contributed by atoms with Gasteiger partial charge in [-0.15, -0.1) is 0 Å². The average molecular weight is 295 g/mol.